The third-order valence-corrected chi connectivity index (χ3v) is 15.2. The lowest BCUT2D eigenvalue weighted by Gasteiger charge is -2.48. The molecular weight excluding hydrogens is 819 g/mol. The molecule has 0 saturated carbocycles. The Balaban J connectivity index is 0.915. The van der Waals surface area contributed by atoms with Gasteiger partial charge in [-0.05, 0) is 118 Å². The summed E-state index contributed by atoms with van der Waals surface area (Å²) in [5, 5.41) is 0. The molecule has 0 radical (unpaired) electrons. The molecule has 0 bridgehead atoms. The maximum atomic E-state index is 5.33. The summed E-state index contributed by atoms with van der Waals surface area (Å²) in [5.41, 5.74) is 26.1. The van der Waals surface area contributed by atoms with Gasteiger partial charge in [0, 0.05) is 11.1 Å². The van der Waals surface area contributed by atoms with Crippen LogP contribution >= 0.6 is 0 Å². The second kappa shape index (κ2) is 14.9. The third kappa shape index (κ3) is 5.42. The number of nitrogens with zero attached hydrogens (tertiary/aromatic N) is 1. The van der Waals surface area contributed by atoms with Crippen molar-refractivity contribution in [3.05, 3.63) is 305 Å². The molecule has 11 aromatic rings. The molecule has 1 aromatic heterocycles. The van der Waals surface area contributed by atoms with Crippen molar-refractivity contribution in [1.29, 1.82) is 0 Å². The zero-order chi connectivity index (χ0) is 44.8. The van der Waals surface area contributed by atoms with Crippen molar-refractivity contribution in [2.75, 3.05) is 0 Å². The maximum absolute atomic E-state index is 5.33. The molecule has 1 heterocycles. The fourth-order valence-corrected chi connectivity index (χ4v) is 12.3. The van der Waals surface area contributed by atoms with Gasteiger partial charge in [-0.1, -0.05) is 243 Å². The molecule has 0 N–H and O–H groups in total. The first-order valence-electron chi connectivity index (χ1n) is 23.7. The largest absolute Gasteiger partial charge is 0.248 e. The van der Waals surface area contributed by atoms with Crippen LogP contribution in [0.2, 0.25) is 0 Å². The van der Waals surface area contributed by atoms with Gasteiger partial charge in [0.05, 0.1) is 22.2 Å². The number of benzene rings is 10. The first-order chi connectivity index (χ1) is 33.7. The van der Waals surface area contributed by atoms with Crippen molar-refractivity contribution < 1.29 is 0 Å². The summed E-state index contributed by atoms with van der Waals surface area (Å²) in [6.07, 6.45) is 0. The summed E-state index contributed by atoms with van der Waals surface area (Å²) in [6.45, 7) is 0. The van der Waals surface area contributed by atoms with Crippen LogP contribution in [-0.2, 0) is 10.8 Å². The van der Waals surface area contributed by atoms with E-state index in [9.17, 15) is 0 Å². The van der Waals surface area contributed by atoms with Crippen molar-refractivity contribution in [3.63, 3.8) is 0 Å². The van der Waals surface area contributed by atoms with Crippen molar-refractivity contribution in [3.8, 4) is 78.1 Å². The molecule has 316 valence electrons. The molecule has 3 aliphatic rings. The highest BCUT2D eigenvalue weighted by Gasteiger charge is 2.58. The van der Waals surface area contributed by atoms with Gasteiger partial charge in [-0.25, -0.2) is 4.98 Å². The number of aromatic nitrogens is 1. The highest BCUT2D eigenvalue weighted by molar-refractivity contribution is 5.94. The molecule has 10 aromatic carbocycles. The number of rotatable bonds is 5. The molecule has 68 heavy (non-hydrogen) atoms. The zero-order valence-electron chi connectivity index (χ0n) is 37.3. The van der Waals surface area contributed by atoms with Crippen LogP contribution in [0, 0.1) is 0 Å². The topological polar surface area (TPSA) is 12.9 Å². The molecule has 0 amide bonds. The highest BCUT2D eigenvalue weighted by atomic mass is 14.7. The average Bonchev–Trinajstić information content (AvgIpc) is 3.88. The van der Waals surface area contributed by atoms with E-state index < -0.39 is 10.8 Å². The molecule has 0 atom stereocenters. The second-order valence-corrected chi connectivity index (χ2v) is 18.5. The van der Waals surface area contributed by atoms with E-state index in [2.05, 4.69) is 261 Å². The van der Waals surface area contributed by atoms with E-state index in [1.165, 1.54) is 94.6 Å². The predicted molar refractivity (Wildman–Crippen MR) is 280 cm³/mol. The van der Waals surface area contributed by atoms with Crippen LogP contribution < -0.4 is 0 Å². The summed E-state index contributed by atoms with van der Waals surface area (Å²) >= 11 is 0. The van der Waals surface area contributed by atoms with Gasteiger partial charge >= 0.3 is 0 Å². The molecule has 0 fully saturated rings. The van der Waals surface area contributed by atoms with Crippen LogP contribution in [0.4, 0.5) is 0 Å². The second-order valence-electron chi connectivity index (χ2n) is 18.5. The normalized spacial score (nSPS) is 13.8. The standard InChI is InChI=1S/C67H43N/c1-3-17-44(18-4-1)46-31-35-48(36-32-46)64-42-51(45-19-5-2-6-20-45)43-65(68-64)49-37-33-47(34-38-49)50-39-40-55-54-23-9-12-26-58(54)67(63(55)41-50)61-29-15-13-27-59(61)66(60-28-14-16-30-62(60)67)56-24-10-7-21-52(56)53-22-8-11-25-57(53)66/h1-43H. The molecule has 0 unspecified atom stereocenters. The summed E-state index contributed by atoms with van der Waals surface area (Å²) in [4.78, 5) is 5.33. The Bertz CT molecular complexity index is 3670. The molecule has 1 heteroatoms. The Labute approximate surface area is 397 Å². The van der Waals surface area contributed by atoms with E-state index in [0.717, 1.165) is 28.1 Å². The zero-order valence-corrected chi connectivity index (χ0v) is 37.3. The first-order valence-corrected chi connectivity index (χ1v) is 23.7. The van der Waals surface area contributed by atoms with E-state index in [0.29, 0.717) is 0 Å². The summed E-state index contributed by atoms with van der Waals surface area (Å²) < 4.78 is 0. The Morgan fingerprint density at radius 2 is 0.485 bits per heavy atom. The van der Waals surface area contributed by atoms with Crippen LogP contribution in [0.15, 0.2) is 261 Å². The van der Waals surface area contributed by atoms with Crippen molar-refractivity contribution in [2.45, 2.75) is 10.8 Å². The fourth-order valence-electron chi connectivity index (χ4n) is 12.3. The minimum Gasteiger partial charge on any atom is -0.248 e. The van der Waals surface area contributed by atoms with E-state index in [1.54, 1.807) is 0 Å². The lowest BCUT2D eigenvalue weighted by atomic mass is 9.52. The fraction of sp³-hybridized carbons (Fsp3) is 0.0299. The van der Waals surface area contributed by atoms with Gasteiger partial charge in [0.2, 0.25) is 0 Å². The van der Waals surface area contributed by atoms with Crippen LogP contribution in [0.25, 0.3) is 78.1 Å². The number of hydrogen-bond acceptors (Lipinski definition) is 1. The van der Waals surface area contributed by atoms with Gasteiger partial charge in [0.15, 0.2) is 0 Å². The van der Waals surface area contributed by atoms with Gasteiger partial charge in [-0.2, -0.15) is 0 Å². The molecule has 3 aliphatic carbocycles. The monoisotopic (exact) mass is 861 g/mol. The van der Waals surface area contributed by atoms with Gasteiger partial charge in [0.25, 0.3) is 0 Å². The van der Waals surface area contributed by atoms with Crippen LogP contribution in [0.3, 0.4) is 0 Å². The number of hydrogen-bond donors (Lipinski definition) is 0. The van der Waals surface area contributed by atoms with Crippen LogP contribution in [0.5, 0.6) is 0 Å². The Hall–Kier alpha value is -8.65. The van der Waals surface area contributed by atoms with Crippen LogP contribution in [0.1, 0.15) is 44.5 Å². The van der Waals surface area contributed by atoms with Gasteiger partial charge in [-0.15, -0.1) is 0 Å². The third-order valence-electron chi connectivity index (χ3n) is 15.2. The highest BCUT2D eigenvalue weighted by Crippen LogP contribution is 2.67. The summed E-state index contributed by atoms with van der Waals surface area (Å²) in [6, 6.07) is 96.7. The minimum atomic E-state index is -0.537. The summed E-state index contributed by atoms with van der Waals surface area (Å²) in [5.74, 6) is 0. The molecule has 0 aliphatic heterocycles. The van der Waals surface area contributed by atoms with Gasteiger partial charge < -0.3 is 0 Å². The quantitative estimate of drug-likeness (QED) is 0.168. The Morgan fingerprint density at radius 3 is 0.926 bits per heavy atom. The summed E-state index contributed by atoms with van der Waals surface area (Å²) in [7, 11) is 0. The average molecular weight is 862 g/mol. The molecule has 0 saturated heterocycles. The Morgan fingerprint density at radius 1 is 0.191 bits per heavy atom. The van der Waals surface area contributed by atoms with E-state index in [1.807, 2.05) is 0 Å². The maximum Gasteiger partial charge on any atom is 0.0720 e. The predicted octanol–water partition coefficient (Wildman–Crippen LogP) is 16.5. The number of pyridine rings is 1. The Kier molecular flexibility index (Phi) is 8.48. The van der Waals surface area contributed by atoms with Gasteiger partial charge in [0.1, 0.15) is 0 Å². The lowest BCUT2D eigenvalue weighted by molar-refractivity contribution is 0.633. The van der Waals surface area contributed by atoms with Crippen molar-refractivity contribution in [2.24, 2.45) is 0 Å². The van der Waals surface area contributed by atoms with Crippen molar-refractivity contribution in [1.82, 2.24) is 4.98 Å². The van der Waals surface area contributed by atoms with E-state index >= 15 is 0 Å². The minimum absolute atomic E-state index is 0.464. The number of fused-ring (bicyclic) bond motifs is 16. The smallest absolute Gasteiger partial charge is 0.0720 e. The van der Waals surface area contributed by atoms with E-state index in [-0.39, 0.29) is 0 Å². The molecule has 14 rings (SSSR count). The molecule has 2 spiro atoms. The van der Waals surface area contributed by atoms with Crippen LogP contribution in [-0.4, -0.2) is 4.98 Å². The molecule has 1 nitrogen and oxygen atoms in total. The van der Waals surface area contributed by atoms with Crippen molar-refractivity contribution >= 4 is 0 Å². The van der Waals surface area contributed by atoms with E-state index in [4.69, 9.17) is 4.98 Å². The SMILES string of the molecule is c1ccc(-c2ccc(-c3cc(-c4ccccc4)cc(-c4ccc(-c5ccc6c(c5)C5(c7ccccc7-6)c6ccccc6C6(c7ccccc7-c7ccccc76)c6ccccc65)cc4)n3)cc2)cc1. The first kappa shape index (κ1) is 38.6. The lowest BCUT2D eigenvalue weighted by Crippen LogP contribution is -2.43. The molecular formula is C67H43N. The van der Waals surface area contributed by atoms with Gasteiger partial charge in [-0.3, -0.25) is 0 Å².